The molecule has 0 saturated carbocycles. The minimum absolute atomic E-state index is 0.0358. The molecule has 31 heavy (non-hydrogen) atoms. The molecule has 0 radical (unpaired) electrons. The van der Waals surface area contributed by atoms with Gasteiger partial charge in [-0.15, -0.1) is 0 Å². The highest BCUT2D eigenvalue weighted by atomic mass is 16.5. The number of nitrogens with two attached hydrogens (primary N) is 1. The van der Waals surface area contributed by atoms with Gasteiger partial charge in [0.1, 0.15) is 6.10 Å². The molecule has 3 atom stereocenters. The van der Waals surface area contributed by atoms with Crippen LogP contribution in [0.3, 0.4) is 0 Å². The number of rotatable bonds is 8. The van der Waals surface area contributed by atoms with Crippen LogP contribution in [0.2, 0.25) is 0 Å². The van der Waals surface area contributed by atoms with E-state index in [-0.39, 0.29) is 18.2 Å². The Morgan fingerprint density at radius 3 is 2.42 bits per heavy atom. The smallest absolute Gasteiger partial charge is 0.338 e. The largest absolute Gasteiger partial charge is 0.457 e. The fourth-order valence-electron chi connectivity index (χ4n) is 4.35. The summed E-state index contributed by atoms with van der Waals surface area (Å²) in [4.78, 5) is 43.3. The van der Waals surface area contributed by atoms with Gasteiger partial charge in [0.25, 0.3) is 0 Å². The Labute approximate surface area is 184 Å². The molecule has 1 unspecified atom stereocenters. The van der Waals surface area contributed by atoms with E-state index in [0.29, 0.717) is 31.1 Å². The Kier molecular flexibility index (Phi) is 8.03. The van der Waals surface area contributed by atoms with Crippen molar-refractivity contribution in [3.05, 3.63) is 35.9 Å². The standard InChI is InChI=1S/C23H34N4O4/c1-17(26-12-10-25(2)11-13-26)8-9-22(29)27-15-19(14-21(24)28)20(16-27)31-23(30)18-6-4-3-5-7-18/h3-7,17,19-20H,8-16H2,1-2H3,(H2,24,28)/t17?,19-,20+/m0/s1. The number of hydrogen-bond acceptors (Lipinski definition) is 6. The molecule has 8 heteroatoms. The maximum Gasteiger partial charge on any atom is 0.338 e. The molecule has 3 rings (SSSR count). The van der Waals surface area contributed by atoms with E-state index < -0.39 is 18.0 Å². The first-order valence-electron chi connectivity index (χ1n) is 11.1. The summed E-state index contributed by atoms with van der Waals surface area (Å²) in [5, 5.41) is 0. The lowest BCUT2D eigenvalue weighted by molar-refractivity contribution is -0.131. The summed E-state index contributed by atoms with van der Waals surface area (Å²) in [5.74, 6) is -1.14. The first-order chi connectivity index (χ1) is 14.8. The number of esters is 1. The second kappa shape index (κ2) is 10.7. The summed E-state index contributed by atoms with van der Waals surface area (Å²) >= 11 is 0. The Morgan fingerprint density at radius 1 is 1.10 bits per heavy atom. The molecule has 2 heterocycles. The number of piperazine rings is 1. The van der Waals surface area contributed by atoms with Gasteiger partial charge in [0, 0.05) is 57.5 Å². The SMILES string of the molecule is CC(CCC(=O)N1C[C@H](CC(N)=O)[C@H](OC(=O)c2ccccc2)C1)N1CCN(C)CC1. The average molecular weight is 431 g/mol. The Morgan fingerprint density at radius 2 is 1.77 bits per heavy atom. The van der Waals surface area contributed by atoms with Crippen LogP contribution in [-0.2, 0) is 14.3 Å². The van der Waals surface area contributed by atoms with Crippen molar-refractivity contribution in [1.82, 2.24) is 14.7 Å². The third-order valence-corrected chi connectivity index (χ3v) is 6.40. The van der Waals surface area contributed by atoms with Crippen molar-refractivity contribution in [2.45, 2.75) is 38.3 Å². The van der Waals surface area contributed by atoms with Crippen molar-refractivity contribution in [3.8, 4) is 0 Å². The lowest BCUT2D eigenvalue weighted by Gasteiger charge is -2.36. The van der Waals surface area contributed by atoms with Crippen LogP contribution < -0.4 is 5.73 Å². The maximum atomic E-state index is 12.9. The highest BCUT2D eigenvalue weighted by molar-refractivity contribution is 5.89. The third kappa shape index (κ3) is 6.51. The fourth-order valence-corrected chi connectivity index (χ4v) is 4.35. The number of likely N-dealkylation sites (tertiary alicyclic amines) is 1. The van der Waals surface area contributed by atoms with Gasteiger partial charge in [0.15, 0.2) is 0 Å². The number of benzene rings is 1. The van der Waals surface area contributed by atoms with Crippen molar-refractivity contribution < 1.29 is 19.1 Å². The molecule has 0 aromatic heterocycles. The molecule has 2 aliphatic heterocycles. The minimum Gasteiger partial charge on any atom is -0.457 e. The molecule has 2 aliphatic rings. The number of nitrogens with zero attached hydrogens (tertiary/aromatic N) is 3. The molecule has 2 fully saturated rings. The molecule has 0 bridgehead atoms. The topological polar surface area (TPSA) is 96.2 Å². The maximum absolute atomic E-state index is 12.9. The molecule has 1 aromatic carbocycles. The molecule has 2 saturated heterocycles. The molecule has 1 aromatic rings. The summed E-state index contributed by atoms with van der Waals surface area (Å²) < 4.78 is 5.67. The van der Waals surface area contributed by atoms with Crippen molar-refractivity contribution >= 4 is 17.8 Å². The van der Waals surface area contributed by atoms with Crippen molar-refractivity contribution in [3.63, 3.8) is 0 Å². The number of amides is 2. The predicted octanol–water partition coefficient (Wildman–Crippen LogP) is 0.962. The van der Waals surface area contributed by atoms with Crippen LogP contribution in [0, 0.1) is 5.92 Å². The normalized spacial score (nSPS) is 23.5. The molecule has 2 amide bonds. The summed E-state index contributed by atoms with van der Waals surface area (Å²) in [6, 6.07) is 9.07. The zero-order chi connectivity index (χ0) is 22.4. The van der Waals surface area contributed by atoms with E-state index in [2.05, 4.69) is 23.8 Å². The van der Waals surface area contributed by atoms with Gasteiger partial charge in [-0.1, -0.05) is 18.2 Å². The van der Waals surface area contributed by atoms with E-state index in [1.807, 2.05) is 6.07 Å². The van der Waals surface area contributed by atoms with E-state index in [0.717, 1.165) is 32.6 Å². The fraction of sp³-hybridized carbons (Fsp3) is 0.609. The number of carbonyl (C=O) groups is 3. The van der Waals surface area contributed by atoms with Gasteiger partial charge in [0.05, 0.1) is 12.1 Å². The van der Waals surface area contributed by atoms with Crippen molar-refractivity contribution in [1.29, 1.82) is 0 Å². The Bertz CT molecular complexity index is 764. The Hall–Kier alpha value is -2.45. The third-order valence-electron chi connectivity index (χ3n) is 6.40. The second-order valence-corrected chi connectivity index (χ2v) is 8.77. The highest BCUT2D eigenvalue weighted by Crippen LogP contribution is 2.25. The van der Waals surface area contributed by atoms with E-state index in [9.17, 15) is 14.4 Å². The summed E-state index contributed by atoms with van der Waals surface area (Å²) in [6.45, 7) is 7.00. The van der Waals surface area contributed by atoms with E-state index in [4.69, 9.17) is 10.5 Å². The van der Waals surface area contributed by atoms with Crippen LogP contribution in [0.4, 0.5) is 0 Å². The Balaban J connectivity index is 1.54. The van der Waals surface area contributed by atoms with Crippen molar-refractivity contribution in [2.75, 3.05) is 46.3 Å². The molecular formula is C23H34N4O4. The average Bonchev–Trinajstić information content (AvgIpc) is 3.14. The lowest BCUT2D eigenvalue weighted by Crippen LogP contribution is -2.48. The molecular weight excluding hydrogens is 396 g/mol. The number of carbonyl (C=O) groups excluding carboxylic acids is 3. The number of hydrogen-bond donors (Lipinski definition) is 1. The molecule has 8 nitrogen and oxygen atoms in total. The van der Waals surface area contributed by atoms with Crippen LogP contribution in [0.15, 0.2) is 30.3 Å². The lowest BCUT2D eigenvalue weighted by atomic mass is 10.0. The van der Waals surface area contributed by atoms with Gasteiger partial charge in [-0.2, -0.15) is 0 Å². The van der Waals surface area contributed by atoms with Gasteiger partial charge in [-0.25, -0.2) is 4.79 Å². The van der Waals surface area contributed by atoms with Crippen LogP contribution in [-0.4, -0.2) is 90.9 Å². The minimum atomic E-state index is -0.529. The zero-order valence-electron chi connectivity index (χ0n) is 18.5. The quantitative estimate of drug-likeness (QED) is 0.617. The van der Waals surface area contributed by atoms with Crippen LogP contribution >= 0.6 is 0 Å². The van der Waals surface area contributed by atoms with E-state index in [1.54, 1.807) is 29.2 Å². The summed E-state index contributed by atoms with van der Waals surface area (Å²) in [7, 11) is 2.13. The van der Waals surface area contributed by atoms with Crippen LogP contribution in [0.1, 0.15) is 36.5 Å². The van der Waals surface area contributed by atoms with Gasteiger partial charge < -0.3 is 20.3 Å². The number of likely N-dealkylation sites (N-methyl/N-ethyl adjacent to an activating group) is 1. The predicted molar refractivity (Wildman–Crippen MR) is 117 cm³/mol. The van der Waals surface area contributed by atoms with E-state index >= 15 is 0 Å². The zero-order valence-corrected chi connectivity index (χ0v) is 18.5. The molecule has 0 spiro atoms. The number of primary amides is 1. The van der Waals surface area contributed by atoms with Gasteiger partial charge in [-0.05, 0) is 32.5 Å². The first kappa shape index (κ1) is 23.2. The van der Waals surface area contributed by atoms with Crippen LogP contribution in [0.5, 0.6) is 0 Å². The highest BCUT2D eigenvalue weighted by Gasteiger charge is 2.38. The summed E-state index contributed by atoms with van der Waals surface area (Å²) in [6.07, 6.45) is 0.789. The number of ether oxygens (including phenoxy) is 1. The monoisotopic (exact) mass is 430 g/mol. The van der Waals surface area contributed by atoms with Crippen molar-refractivity contribution in [2.24, 2.45) is 11.7 Å². The first-order valence-corrected chi connectivity index (χ1v) is 11.1. The van der Waals surface area contributed by atoms with Gasteiger partial charge in [0.2, 0.25) is 11.8 Å². The molecule has 2 N–H and O–H groups in total. The van der Waals surface area contributed by atoms with Crippen LogP contribution in [0.25, 0.3) is 0 Å². The summed E-state index contributed by atoms with van der Waals surface area (Å²) in [5.41, 5.74) is 5.85. The molecule has 0 aliphatic carbocycles. The van der Waals surface area contributed by atoms with E-state index in [1.165, 1.54) is 0 Å². The van der Waals surface area contributed by atoms with Gasteiger partial charge in [-0.3, -0.25) is 14.5 Å². The molecule has 170 valence electrons. The van der Waals surface area contributed by atoms with Gasteiger partial charge >= 0.3 is 5.97 Å². The second-order valence-electron chi connectivity index (χ2n) is 8.77.